The second kappa shape index (κ2) is 9.78. The van der Waals surface area contributed by atoms with E-state index < -0.39 is 15.9 Å². The number of aromatic nitrogens is 2. The maximum absolute atomic E-state index is 12.9. The third-order valence-electron chi connectivity index (χ3n) is 4.91. The van der Waals surface area contributed by atoms with Gasteiger partial charge in [0.1, 0.15) is 4.21 Å². The van der Waals surface area contributed by atoms with Crippen LogP contribution >= 0.6 is 34.4 Å². The van der Waals surface area contributed by atoms with E-state index in [9.17, 15) is 13.2 Å². The predicted octanol–water partition coefficient (Wildman–Crippen LogP) is 4.24. The van der Waals surface area contributed by atoms with Gasteiger partial charge in [0.25, 0.3) is 10.0 Å². The van der Waals surface area contributed by atoms with E-state index in [4.69, 9.17) is 0 Å². The zero-order chi connectivity index (χ0) is 21.8. The van der Waals surface area contributed by atoms with Gasteiger partial charge in [-0.05, 0) is 37.5 Å². The lowest BCUT2D eigenvalue weighted by Crippen LogP contribution is -2.43. The molecule has 31 heavy (non-hydrogen) atoms. The molecule has 1 aliphatic heterocycles. The summed E-state index contributed by atoms with van der Waals surface area (Å²) in [5, 5.41) is 11.5. The van der Waals surface area contributed by atoms with Crippen LogP contribution in [0.25, 0.3) is 0 Å². The molecule has 1 aliphatic rings. The smallest absolute Gasteiger partial charge is 0.252 e. The molecule has 1 saturated heterocycles. The Hall–Kier alpha value is -1.79. The second-order valence-electron chi connectivity index (χ2n) is 7.20. The number of amides is 1. The number of thioether (sulfide) groups is 1. The van der Waals surface area contributed by atoms with E-state index in [2.05, 4.69) is 27.6 Å². The molecule has 0 radical (unpaired) electrons. The zero-order valence-corrected chi connectivity index (χ0v) is 20.1. The Bertz CT molecular complexity index is 1140. The van der Waals surface area contributed by atoms with Crippen LogP contribution < -0.4 is 5.32 Å². The van der Waals surface area contributed by atoms with E-state index in [0.29, 0.717) is 28.7 Å². The Morgan fingerprint density at radius 2 is 2.00 bits per heavy atom. The van der Waals surface area contributed by atoms with Crippen LogP contribution in [-0.2, 0) is 20.6 Å². The third-order valence-corrected chi connectivity index (χ3v) is 10.3. The van der Waals surface area contributed by atoms with Gasteiger partial charge in [-0.2, -0.15) is 4.31 Å². The summed E-state index contributed by atoms with van der Waals surface area (Å²) in [7, 11) is -3.57. The quantitative estimate of drug-likeness (QED) is 0.390. The largest absolute Gasteiger partial charge is 0.300 e. The highest BCUT2D eigenvalue weighted by atomic mass is 32.2. The maximum Gasteiger partial charge on any atom is 0.252 e. The molecule has 2 aromatic heterocycles. The number of sulfonamides is 1. The molecule has 3 aromatic rings. The van der Waals surface area contributed by atoms with Crippen LogP contribution in [0.4, 0.5) is 5.13 Å². The van der Waals surface area contributed by atoms with Crippen LogP contribution in [0.5, 0.6) is 0 Å². The Kier molecular flexibility index (Phi) is 7.07. The molecule has 164 valence electrons. The number of rotatable bonds is 7. The summed E-state index contributed by atoms with van der Waals surface area (Å²) < 4.78 is 28.3. The van der Waals surface area contributed by atoms with Crippen molar-refractivity contribution < 1.29 is 13.2 Å². The third kappa shape index (κ3) is 5.53. The normalized spacial score (nSPS) is 17.5. The van der Waals surface area contributed by atoms with Gasteiger partial charge in [-0.3, -0.25) is 4.79 Å². The van der Waals surface area contributed by atoms with Crippen molar-refractivity contribution in [3.63, 3.8) is 0 Å². The number of benzene rings is 1. The van der Waals surface area contributed by atoms with Crippen molar-refractivity contribution in [2.75, 3.05) is 18.4 Å². The molecule has 3 heterocycles. The molecule has 0 saturated carbocycles. The average molecular weight is 495 g/mol. The summed E-state index contributed by atoms with van der Waals surface area (Å²) in [5.74, 6) is 0.160. The topological polar surface area (TPSA) is 92.3 Å². The molecule has 11 heteroatoms. The molecule has 1 N–H and O–H groups in total. The van der Waals surface area contributed by atoms with Crippen molar-refractivity contribution >= 4 is 55.5 Å². The van der Waals surface area contributed by atoms with E-state index >= 15 is 0 Å². The number of piperidine rings is 1. The lowest BCUT2D eigenvalue weighted by Gasteiger charge is -2.30. The van der Waals surface area contributed by atoms with Gasteiger partial charge in [0.05, 0.1) is 5.92 Å². The summed E-state index contributed by atoms with van der Waals surface area (Å²) in [5.41, 5.74) is 1.19. The van der Waals surface area contributed by atoms with Gasteiger partial charge in [0.15, 0.2) is 4.34 Å². The Morgan fingerprint density at radius 3 is 2.74 bits per heavy atom. The van der Waals surface area contributed by atoms with Crippen molar-refractivity contribution in [1.82, 2.24) is 14.5 Å². The zero-order valence-electron chi connectivity index (χ0n) is 16.9. The second-order valence-corrected chi connectivity index (χ2v) is 12.9. The first-order valence-electron chi connectivity index (χ1n) is 9.79. The number of hydrogen-bond donors (Lipinski definition) is 1. The molecular weight excluding hydrogens is 473 g/mol. The Balaban J connectivity index is 1.35. The van der Waals surface area contributed by atoms with E-state index in [1.54, 1.807) is 23.9 Å². The van der Waals surface area contributed by atoms with Crippen molar-refractivity contribution in [3.8, 4) is 0 Å². The van der Waals surface area contributed by atoms with Gasteiger partial charge in [-0.1, -0.05) is 53.4 Å². The van der Waals surface area contributed by atoms with E-state index in [1.165, 1.54) is 32.5 Å². The first-order chi connectivity index (χ1) is 14.9. The number of carbonyl (C=O) groups excluding carboxylic acids is 1. The van der Waals surface area contributed by atoms with Crippen molar-refractivity contribution in [2.45, 2.75) is 34.1 Å². The lowest BCUT2D eigenvalue weighted by molar-refractivity contribution is -0.120. The van der Waals surface area contributed by atoms with Gasteiger partial charge in [-0.15, -0.1) is 21.5 Å². The number of carbonyl (C=O) groups is 1. The van der Waals surface area contributed by atoms with E-state index in [-0.39, 0.29) is 12.5 Å². The first kappa shape index (κ1) is 22.4. The van der Waals surface area contributed by atoms with Crippen LogP contribution in [0.15, 0.2) is 51.0 Å². The fourth-order valence-corrected chi connectivity index (χ4v) is 7.97. The van der Waals surface area contributed by atoms with Crippen molar-refractivity contribution in [2.24, 2.45) is 5.92 Å². The highest BCUT2D eigenvalue weighted by molar-refractivity contribution is 8.00. The molecule has 7 nitrogen and oxygen atoms in total. The summed E-state index contributed by atoms with van der Waals surface area (Å²) in [6, 6.07) is 13.5. The average Bonchev–Trinajstić information content (AvgIpc) is 3.42. The fourth-order valence-electron chi connectivity index (χ4n) is 3.30. The Morgan fingerprint density at radius 1 is 1.19 bits per heavy atom. The SMILES string of the molecule is Cc1ccc(S(=O)(=O)N2CCCC(C(=O)Nc3nnc(SCc4ccccc4)s3)C2)s1. The van der Waals surface area contributed by atoms with Gasteiger partial charge in [0.2, 0.25) is 11.0 Å². The minimum atomic E-state index is -3.57. The van der Waals surface area contributed by atoms with Gasteiger partial charge in [0, 0.05) is 23.7 Å². The minimum absolute atomic E-state index is 0.180. The molecule has 1 unspecified atom stereocenters. The molecular formula is C20H22N4O3S4. The molecule has 1 fully saturated rings. The first-order valence-corrected chi connectivity index (χ1v) is 13.9. The van der Waals surface area contributed by atoms with Crippen molar-refractivity contribution in [3.05, 3.63) is 52.9 Å². The minimum Gasteiger partial charge on any atom is -0.300 e. The molecule has 0 bridgehead atoms. The molecule has 0 spiro atoms. The lowest BCUT2D eigenvalue weighted by atomic mass is 9.99. The number of hydrogen-bond acceptors (Lipinski definition) is 8. The van der Waals surface area contributed by atoms with E-state index in [1.807, 2.05) is 25.1 Å². The predicted molar refractivity (Wildman–Crippen MR) is 125 cm³/mol. The highest BCUT2D eigenvalue weighted by Gasteiger charge is 2.34. The fraction of sp³-hybridized carbons (Fsp3) is 0.350. The number of nitrogens with zero attached hydrogens (tertiary/aromatic N) is 3. The molecule has 0 aliphatic carbocycles. The summed E-state index contributed by atoms with van der Waals surface area (Å²) in [6.45, 7) is 2.49. The monoisotopic (exact) mass is 494 g/mol. The van der Waals surface area contributed by atoms with Crippen LogP contribution in [0.1, 0.15) is 23.3 Å². The Labute approximate surface area is 194 Å². The van der Waals surface area contributed by atoms with Crippen LogP contribution in [0.2, 0.25) is 0 Å². The number of nitrogens with one attached hydrogen (secondary N) is 1. The summed E-state index contributed by atoms with van der Waals surface area (Å²) in [4.78, 5) is 13.7. The standard InChI is InChI=1S/C20H22N4O3S4/c1-14-9-10-17(29-14)31(26,27)24-11-5-8-16(12-24)18(25)21-19-22-23-20(30-19)28-13-15-6-3-2-4-7-15/h2-4,6-7,9-10,16H,5,8,11-13H2,1H3,(H,21,22,25). The van der Waals surface area contributed by atoms with Crippen LogP contribution in [-0.4, -0.2) is 41.9 Å². The summed E-state index contributed by atoms with van der Waals surface area (Å²) >= 11 is 4.15. The van der Waals surface area contributed by atoms with Crippen LogP contribution in [0.3, 0.4) is 0 Å². The van der Waals surface area contributed by atoms with Gasteiger partial charge >= 0.3 is 0 Å². The molecule has 1 amide bonds. The number of anilines is 1. The highest BCUT2D eigenvalue weighted by Crippen LogP contribution is 2.31. The molecule has 1 aromatic carbocycles. The molecule has 4 rings (SSSR count). The molecule has 1 atom stereocenters. The van der Waals surface area contributed by atoms with Crippen molar-refractivity contribution in [1.29, 1.82) is 0 Å². The maximum atomic E-state index is 12.9. The number of thiophene rings is 1. The van der Waals surface area contributed by atoms with Gasteiger partial charge in [-0.25, -0.2) is 8.42 Å². The van der Waals surface area contributed by atoms with Gasteiger partial charge < -0.3 is 5.32 Å². The number of aryl methyl sites for hydroxylation is 1. The van der Waals surface area contributed by atoms with Crippen LogP contribution in [0, 0.1) is 12.8 Å². The van der Waals surface area contributed by atoms with E-state index in [0.717, 1.165) is 15.0 Å². The summed E-state index contributed by atoms with van der Waals surface area (Å²) in [6.07, 6.45) is 1.30.